The molecule has 1 saturated heterocycles. The molecule has 0 spiro atoms. The van der Waals surface area contributed by atoms with Crippen LogP contribution in [0.15, 0.2) is 0 Å². The van der Waals surface area contributed by atoms with Crippen LogP contribution in [0.4, 0.5) is 0 Å². The molecule has 17 heavy (non-hydrogen) atoms. The molecular formula is C13H25NO3. The van der Waals surface area contributed by atoms with Crippen molar-refractivity contribution in [1.29, 1.82) is 0 Å². The van der Waals surface area contributed by atoms with Gasteiger partial charge in [-0.05, 0) is 31.7 Å². The van der Waals surface area contributed by atoms with Crippen molar-refractivity contribution in [3.63, 3.8) is 0 Å². The quantitative estimate of drug-likeness (QED) is 0.708. The number of aliphatic carboxylic acids is 1. The maximum atomic E-state index is 10.4. The van der Waals surface area contributed by atoms with E-state index in [0.29, 0.717) is 12.0 Å². The summed E-state index contributed by atoms with van der Waals surface area (Å²) in [5, 5.41) is 8.56. The van der Waals surface area contributed by atoms with E-state index in [1.165, 1.54) is 0 Å². The van der Waals surface area contributed by atoms with Gasteiger partial charge in [0.1, 0.15) is 0 Å². The molecule has 1 atom stereocenters. The summed E-state index contributed by atoms with van der Waals surface area (Å²) in [5.41, 5.74) is 0. The van der Waals surface area contributed by atoms with Crippen molar-refractivity contribution >= 4 is 5.97 Å². The summed E-state index contributed by atoms with van der Waals surface area (Å²) in [4.78, 5) is 12.7. The maximum Gasteiger partial charge on any atom is 0.303 e. The number of hydrogen-bond acceptors (Lipinski definition) is 3. The lowest BCUT2D eigenvalue weighted by molar-refractivity contribution is -0.137. The van der Waals surface area contributed by atoms with Crippen molar-refractivity contribution in [2.45, 2.75) is 45.6 Å². The van der Waals surface area contributed by atoms with Gasteiger partial charge in [-0.15, -0.1) is 0 Å². The van der Waals surface area contributed by atoms with E-state index in [0.717, 1.165) is 45.5 Å². The van der Waals surface area contributed by atoms with Gasteiger partial charge >= 0.3 is 5.97 Å². The van der Waals surface area contributed by atoms with Crippen molar-refractivity contribution in [2.24, 2.45) is 5.92 Å². The summed E-state index contributed by atoms with van der Waals surface area (Å²) >= 11 is 0. The van der Waals surface area contributed by atoms with E-state index < -0.39 is 5.97 Å². The van der Waals surface area contributed by atoms with Crippen molar-refractivity contribution in [3.05, 3.63) is 0 Å². The fourth-order valence-corrected chi connectivity index (χ4v) is 2.06. The molecule has 1 aliphatic rings. The van der Waals surface area contributed by atoms with Crippen LogP contribution < -0.4 is 0 Å². The van der Waals surface area contributed by atoms with Crippen LogP contribution in [0.5, 0.6) is 0 Å². The molecule has 100 valence electrons. The minimum absolute atomic E-state index is 0.273. The van der Waals surface area contributed by atoms with Crippen LogP contribution in [-0.2, 0) is 9.53 Å². The third-order valence-corrected chi connectivity index (χ3v) is 3.14. The van der Waals surface area contributed by atoms with Gasteiger partial charge in [0.2, 0.25) is 0 Å². The first-order valence-electron chi connectivity index (χ1n) is 6.63. The lowest BCUT2D eigenvalue weighted by Gasteiger charge is -2.16. The number of ether oxygens (including phenoxy) is 1. The Hall–Kier alpha value is -0.610. The lowest BCUT2D eigenvalue weighted by atomic mass is 10.1. The summed E-state index contributed by atoms with van der Waals surface area (Å²) in [6.45, 7) is 8.16. The van der Waals surface area contributed by atoms with Crippen LogP contribution >= 0.6 is 0 Å². The molecule has 4 heteroatoms. The molecule has 4 nitrogen and oxygen atoms in total. The Labute approximate surface area is 104 Å². The Morgan fingerprint density at radius 2 is 2.29 bits per heavy atom. The molecule has 0 aliphatic carbocycles. The summed E-state index contributed by atoms with van der Waals surface area (Å²) in [7, 11) is 0. The highest BCUT2D eigenvalue weighted by Gasteiger charge is 2.22. The van der Waals surface area contributed by atoms with Crippen LogP contribution in [0.3, 0.4) is 0 Å². The third-order valence-electron chi connectivity index (χ3n) is 3.14. The fourth-order valence-electron chi connectivity index (χ4n) is 2.06. The minimum Gasteiger partial charge on any atom is -0.481 e. The van der Waals surface area contributed by atoms with Crippen molar-refractivity contribution in [1.82, 2.24) is 4.90 Å². The molecule has 1 heterocycles. The molecule has 0 saturated carbocycles. The maximum absolute atomic E-state index is 10.4. The van der Waals surface area contributed by atoms with Gasteiger partial charge in [-0.3, -0.25) is 4.79 Å². The summed E-state index contributed by atoms with van der Waals surface area (Å²) in [6.07, 6.45) is 3.59. The molecule has 0 amide bonds. The number of carbonyl (C=O) groups is 1. The number of likely N-dealkylation sites (tertiary alicyclic amines) is 1. The summed E-state index contributed by atoms with van der Waals surface area (Å²) < 4.78 is 5.81. The Morgan fingerprint density at radius 3 is 2.94 bits per heavy atom. The highest BCUT2D eigenvalue weighted by Crippen LogP contribution is 2.14. The van der Waals surface area contributed by atoms with Gasteiger partial charge in [-0.2, -0.15) is 0 Å². The fraction of sp³-hybridized carbons (Fsp3) is 0.923. The zero-order valence-electron chi connectivity index (χ0n) is 11.0. The van der Waals surface area contributed by atoms with Gasteiger partial charge in [0.15, 0.2) is 0 Å². The molecule has 0 aromatic rings. The van der Waals surface area contributed by atoms with Crippen LogP contribution in [0.2, 0.25) is 0 Å². The SMILES string of the molecule is CC(C)CCO[C@H]1CCN(CCCC(=O)O)C1. The molecule has 0 unspecified atom stereocenters. The second kappa shape index (κ2) is 7.67. The van der Waals surface area contributed by atoms with Crippen molar-refractivity contribution in [3.8, 4) is 0 Å². The first kappa shape index (κ1) is 14.5. The van der Waals surface area contributed by atoms with E-state index in [9.17, 15) is 4.79 Å². The van der Waals surface area contributed by atoms with Crippen molar-refractivity contribution in [2.75, 3.05) is 26.2 Å². The zero-order valence-corrected chi connectivity index (χ0v) is 11.0. The van der Waals surface area contributed by atoms with Gasteiger partial charge < -0.3 is 14.7 Å². The number of hydrogen-bond donors (Lipinski definition) is 1. The summed E-state index contributed by atoms with van der Waals surface area (Å²) in [6, 6.07) is 0. The lowest BCUT2D eigenvalue weighted by Crippen LogP contribution is -2.25. The van der Waals surface area contributed by atoms with Gasteiger partial charge in [-0.1, -0.05) is 13.8 Å². The highest BCUT2D eigenvalue weighted by molar-refractivity contribution is 5.66. The number of carboxylic acids is 1. The van der Waals surface area contributed by atoms with Gasteiger partial charge in [0.05, 0.1) is 6.10 Å². The Morgan fingerprint density at radius 1 is 1.53 bits per heavy atom. The molecule has 1 rings (SSSR count). The van der Waals surface area contributed by atoms with E-state index in [2.05, 4.69) is 18.7 Å². The standard InChI is InChI=1S/C13H25NO3/c1-11(2)6-9-17-12-5-8-14(10-12)7-3-4-13(15)16/h11-12H,3-10H2,1-2H3,(H,15,16)/t12-/m0/s1. The molecule has 0 bridgehead atoms. The topological polar surface area (TPSA) is 49.8 Å². The van der Waals surface area contributed by atoms with E-state index in [1.807, 2.05) is 0 Å². The van der Waals surface area contributed by atoms with Gasteiger partial charge in [-0.25, -0.2) is 0 Å². The van der Waals surface area contributed by atoms with Gasteiger partial charge in [0, 0.05) is 26.1 Å². The van der Waals surface area contributed by atoms with Crippen LogP contribution in [0.25, 0.3) is 0 Å². The van der Waals surface area contributed by atoms with Crippen LogP contribution in [0, 0.1) is 5.92 Å². The van der Waals surface area contributed by atoms with E-state index in [4.69, 9.17) is 9.84 Å². The second-order valence-corrected chi connectivity index (χ2v) is 5.26. The predicted octanol–water partition coefficient (Wildman–Crippen LogP) is 1.99. The predicted molar refractivity (Wildman–Crippen MR) is 67.1 cm³/mol. The average Bonchev–Trinajstić information content (AvgIpc) is 2.65. The molecule has 0 aromatic heterocycles. The summed E-state index contributed by atoms with van der Waals surface area (Å²) in [5.74, 6) is -0.00277. The van der Waals surface area contributed by atoms with Gasteiger partial charge in [0.25, 0.3) is 0 Å². The first-order valence-corrected chi connectivity index (χ1v) is 6.63. The molecule has 1 N–H and O–H groups in total. The monoisotopic (exact) mass is 243 g/mol. The largest absolute Gasteiger partial charge is 0.481 e. The Bertz CT molecular complexity index is 231. The highest BCUT2D eigenvalue weighted by atomic mass is 16.5. The molecule has 1 fully saturated rings. The van der Waals surface area contributed by atoms with E-state index in [1.54, 1.807) is 0 Å². The Balaban J connectivity index is 2.04. The third kappa shape index (κ3) is 6.64. The van der Waals surface area contributed by atoms with Crippen molar-refractivity contribution < 1.29 is 14.6 Å². The molecule has 0 aromatic carbocycles. The zero-order chi connectivity index (χ0) is 12.7. The Kier molecular flexibility index (Phi) is 6.52. The smallest absolute Gasteiger partial charge is 0.303 e. The first-order chi connectivity index (χ1) is 8.08. The molecule has 1 aliphatic heterocycles. The second-order valence-electron chi connectivity index (χ2n) is 5.26. The van der Waals surface area contributed by atoms with E-state index in [-0.39, 0.29) is 6.42 Å². The minimum atomic E-state index is -0.700. The number of nitrogens with zero attached hydrogens (tertiary/aromatic N) is 1. The van der Waals surface area contributed by atoms with E-state index >= 15 is 0 Å². The number of carboxylic acid groups (broad SMARTS) is 1. The number of rotatable bonds is 8. The normalized spacial score (nSPS) is 21.2. The average molecular weight is 243 g/mol. The molecule has 0 radical (unpaired) electrons. The molecular weight excluding hydrogens is 218 g/mol. The van der Waals surface area contributed by atoms with Crippen LogP contribution in [0.1, 0.15) is 39.5 Å². The van der Waals surface area contributed by atoms with Crippen LogP contribution in [-0.4, -0.2) is 48.3 Å².